The molecule has 2 aliphatic rings. The minimum atomic E-state index is 0.162. The first-order valence-corrected chi connectivity index (χ1v) is 13.6. The summed E-state index contributed by atoms with van der Waals surface area (Å²) >= 11 is 0. The standard InChI is InChI=1S/C35H35N3/c1-4-5-12-26(3)33-36-34(30-14-7-6-8-15-30)38-35(37-33)31-23-21-28(22-24-31)27-16-11-17-29-13-9-10-18-32(29)25(2)19-20-27/h4-14,16,18,20-25,30H,15,17,19H2,1-3H3/b5-4-,16-11?,26-12+,27-20?. The van der Waals surface area contributed by atoms with Crippen molar-refractivity contribution >= 4 is 11.1 Å². The average molecular weight is 498 g/mol. The number of allylic oxidation sites excluding steroid dienone is 12. The van der Waals surface area contributed by atoms with Crippen molar-refractivity contribution in [1.29, 1.82) is 0 Å². The van der Waals surface area contributed by atoms with Crippen LogP contribution in [-0.4, -0.2) is 15.0 Å². The van der Waals surface area contributed by atoms with E-state index in [0.29, 0.717) is 5.92 Å². The van der Waals surface area contributed by atoms with Crippen molar-refractivity contribution in [3.8, 4) is 11.4 Å². The zero-order valence-electron chi connectivity index (χ0n) is 22.5. The summed E-state index contributed by atoms with van der Waals surface area (Å²) in [6.45, 7) is 6.38. The Morgan fingerprint density at radius 3 is 2.50 bits per heavy atom. The lowest BCUT2D eigenvalue weighted by Gasteiger charge is -2.14. The van der Waals surface area contributed by atoms with E-state index in [9.17, 15) is 0 Å². The van der Waals surface area contributed by atoms with E-state index in [-0.39, 0.29) is 5.92 Å². The number of benzene rings is 2. The van der Waals surface area contributed by atoms with Gasteiger partial charge in [-0.3, -0.25) is 0 Å². The third-order valence-corrected chi connectivity index (χ3v) is 7.25. The van der Waals surface area contributed by atoms with Crippen LogP contribution in [0.2, 0.25) is 0 Å². The first-order chi connectivity index (χ1) is 18.6. The molecule has 3 aromatic rings. The molecule has 2 unspecified atom stereocenters. The molecule has 190 valence electrons. The number of rotatable bonds is 5. The molecule has 1 aromatic heterocycles. The zero-order chi connectivity index (χ0) is 26.3. The molecule has 2 aromatic carbocycles. The highest BCUT2D eigenvalue weighted by Crippen LogP contribution is 2.30. The molecule has 38 heavy (non-hydrogen) atoms. The first kappa shape index (κ1) is 25.5. The van der Waals surface area contributed by atoms with E-state index in [4.69, 9.17) is 15.0 Å². The minimum absolute atomic E-state index is 0.162. The molecule has 0 spiro atoms. The molecule has 3 nitrogen and oxygen atoms in total. The Bertz CT molecular complexity index is 1470. The molecule has 2 atom stereocenters. The van der Waals surface area contributed by atoms with Gasteiger partial charge in [0.2, 0.25) is 0 Å². The Morgan fingerprint density at radius 1 is 0.895 bits per heavy atom. The minimum Gasteiger partial charge on any atom is -0.213 e. The molecule has 5 rings (SSSR count). The van der Waals surface area contributed by atoms with Gasteiger partial charge < -0.3 is 0 Å². The number of hydrogen-bond acceptors (Lipinski definition) is 3. The van der Waals surface area contributed by atoms with E-state index in [2.05, 4.69) is 111 Å². The lowest BCUT2D eigenvalue weighted by atomic mass is 9.91. The van der Waals surface area contributed by atoms with E-state index in [1.807, 2.05) is 19.1 Å². The maximum Gasteiger partial charge on any atom is 0.163 e. The number of nitrogens with zero attached hydrogens (tertiary/aromatic N) is 3. The van der Waals surface area contributed by atoms with Gasteiger partial charge >= 0.3 is 0 Å². The number of fused-ring (bicyclic) bond motifs is 1. The van der Waals surface area contributed by atoms with Gasteiger partial charge in [0.1, 0.15) is 5.82 Å². The second-order valence-corrected chi connectivity index (χ2v) is 10.1. The summed E-state index contributed by atoms with van der Waals surface area (Å²) < 4.78 is 0. The van der Waals surface area contributed by atoms with Gasteiger partial charge in [-0.05, 0) is 66.9 Å². The molecule has 0 N–H and O–H groups in total. The van der Waals surface area contributed by atoms with E-state index in [1.165, 1.54) is 22.3 Å². The molecule has 0 radical (unpaired) electrons. The van der Waals surface area contributed by atoms with E-state index in [1.54, 1.807) is 0 Å². The van der Waals surface area contributed by atoms with Crippen LogP contribution in [0.3, 0.4) is 0 Å². The maximum atomic E-state index is 4.92. The van der Waals surface area contributed by atoms with Crippen molar-refractivity contribution in [2.75, 3.05) is 0 Å². The highest BCUT2D eigenvalue weighted by atomic mass is 15.0. The Morgan fingerprint density at radius 2 is 1.71 bits per heavy atom. The van der Waals surface area contributed by atoms with Gasteiger partial charge in [0.15, 0.2) is 11.6 Å². The molecule has 3 heteroatoms. The van der Waals surface area contributed by atoms with Crippen molar-refractivity contribution < 1.29 is 0 Å². The van der Waals surface area contributed by atoms with Gasteiger partial charge in [0.25, 0.3) is 0 Å². The van der Waals surface area contributed by atoms with Crippen LogP contribution in [0.25, 0.3) is 22.5 Å². The smallest absolute Gasteiger partial charge is 0.163 e. The fourth-order valence-corrected chi connectivity index (χ4v) is 4.99. The van der Waals surface area contributed by atoms with Crippen LogP contribution in [0.5, 0.6) is 0 Å². The summed E-state index contributed by atoms with van der Waals surface area (Å²) in [5.74, 6) is 2.92. The fourth-order valence-electron chi connectivity index (χ4n) is 4.99. The third-order valence-electron chi connectivity index (χ3n) is 7.25. The highest BCUT2D eigenvalue weighted by molar-refractivity contribution is 5.76. The van der Waals surface area contributed by atoms with Crippen molar-refractivity contribution in [3.63, 3.8) is 0 Å². The van der Waals surface area contributed by atoms with E-state index in [0.717, 1.165) is 47.9 Å². The van der Waals surface area contributed by atoms with Crippen LogP contribution >= 0.6 is 0 Å². The average Bonchev–Trinajstić information content (AvgIpc) is 3.05. The second kappa shape index (κ2) is 12.0. The monoisotopic (exact) mass is 497 g/mol. The predicted octanol–water partition coefficient (Wildman–Crippen LogP) is 8.81. The second-order valence-electron chi connectivity index (χ2n) is 10.1. The van der Waals surface area contributed by atoms with E-state index >= 15 is 0 Å². The van der Waals surface area contributed by atoms with Crippen LogP contribution in [0, 0.1) is 0 Å². The van der Waals surface area contributed by atoms with Crippen molar-refractivity contribution in [2.24, 2.45) is 0 Å². The van der Waals surface area contributed by atoms with Crippen molar-refractivity contribution in [3.05, 3.63) is 138 Å². The van der Waals surface area contributed by atoms with Crippen LogP contribution in [0.4, 0.5) is 0 Å². The molecular formula is C35H35N3. The molecule has 0 fully saturated rings. The third kappa shape index (κ3) is 5.89. The van der Waals surface area contributed by atoms with Crippen LogP contribution in [-0.2, 0) is 6.42 Å². The van der Waals surface area contributed by atoms with Gasteiger partial charge in [0.05, 0.1) is 0 Å². The SMILES string of the molecule is C/C=C\C=C(/C)c1nc(-c2ccc(C3=CCC(C)c4ccccc4CC=C3)cc2)nc(C2C=CC=CC2)n1. The molecule has 1 heterocycles. The lowest BCUT2D eigenvalue weighted by Crippen LogP contribution is -2.09. The molecular weight excluding hydrogens is 462 g/mol. The van der Waals surface area contributed by atoms with Gasteiger partial charge in [-0.15, -0.1) is 0 Å². The van der Waals surface area contributed by atoms with Crippen LogP contribution < -0.4 is 0 Å². The number of hydrogen-bond donors (Lipinski definition) is 0. The Balaban J connectivity index is 1.46. The number of aromatic nitrogens is 3. The molecule has 0 saturated carbocycles. The van der Waals surface area contributed by atoms with Crippen molar-refractivity contribution in [2.45, 2.75) is 51.9 Å². The predicted molar refractivity (Wildman–Crippen MR) is 160 cm³/mol. The Labute approximate surface area is 226 Å². The molecule has 0 bridgehead atoms. The topological polar surface area (TPSA) is 38.7 Å². The fraction of sp³-hybridized carbons (Fsp3) is 0.229. The largest absolute Gasteiger partial charge is 0.213 e. The maximum absolute atomic E-state index is 4.92. The summed E-state index contributed by atoms with van der Waals surface area (Å²) in [7, 11) is 0. The summed E-state index contributed by atoms with van der Waals surface area (Å²) in [5, 5.41) is 0. The summed E-state index contributed by atoms with van der Waals surface area (Å²) in [4.78, 5) is 14.6. The van der Waals surface area contributed by atoms with Gasteiger partial charge in [-0.25, -0.2) is 15.0 Å². The van der Waals surface area contributed by atoms with Crippen LogP contribution in [0.1, 0.15) is 73.8 Å². The zero-order valence-corrected chi connectivity index (χ0v) is 22.5. The lowest BCUT2D eigenvalue weighted by molar-refractivity contribution is 0.756. The van der Waals surface area contributed by atoms with Crippen molar-refractivity contribution in [1.82, 2.24) is 15.0 Å². The highest BCUT2D eigenvalue weighted by Gasteiger charge is 2.17. The van der Waals surface area contributed by atoms with Gasteiger partial charge in [0, 0.05) is 11.5 Å². The Hall–Kier alpha value is -4.11. The first-order valence-electron chi connectivity index (χ1n) is 13.6. The summed E-state index contributed by atoms with van der Waals surface area (Å²) in [6.07, 6.45) is 24.4. The molecule has 0 amide bonds. The van der Waals surface area contributed by atoms with Crippen LogP contribution in [0.15, 0.2) is 109 Å². The molecule has 0 aliphatic heterocycles. The quantitative estimate of drug-likeness (QED) is 0.331. The molecule has 0 saturated heterocycles. The van der Waals surface area contributed by atoms with Gasteiger partial charge in [-0.1, -0.05) is 116 Å². The molecule has 2 aliphatic carbocycles. The Kier molecular flexibility index (Phi) is 8.04. The summed E-state index contributed by atoms with van der Waals surface area (Å²) in [6, 6.07) is 17.5. The normalized spacial score (nSPS) is 19.6. The van der Waals surface area contributed by atoms with E-state index < -0.39 is 0 Å². The van der Waals surface area contributed by atoms with Gasteiger partial charge in [-0.2, -0.15) is 0 Å². The summed E-state index contributed by atoms with van der Waals surface area (Å²) in [5.41, 5.74) is 7.37.